The summed E-state index contributed by atoms with van der Waals surface area (Å²) < 4.78 is 14.0. The van der Waals surface area contributed by atoms with E-state index in [9.17, 15) is 0 Å². The van der Waals surface area contributed by atoms with Crippen LogP contribution in [-0.2, 0) is 4.74 Å². The van der Waals surface area contributed by atoms with E-state index in [1.54, 1.807) is 0 Å². The van der Waals surface area contributed by atoms with Crippen LogP contribution in [0.1, 0.15) is 76.2 Å². The van der Waals surface area contributed by atoms with Gasteiger partial charge in [0.25, 0.3) is 5.89 Å². The Morgan fingerprint density at radius 2 is 2.11 bits per heavy atom. The van der Waals surface area contributed by atoms with E-state index in [4.69, 9.17) is 9.26 Å². The highest BCUT2D eigenvalue weighted by atomic mass is 16.5. The summed E-state index contributed by atoms with van der Waals surface area (Å²) in [5.41, 5.74) is 3.20. The average Bonchev–Trinajstić information content (AvgIpc) is 3.46. The smallest absolute Gasteiger partial charge is 0.295 e. The molecule has 9 heteroatoms. The Hall–Kier alpha value is -2.42. The van der Waals surface area contributed by atoms with Crippen LogP contribution >= 0.6 is 0 Å². The summed E-state index contributed by atoms with van der Waals surface area (Å²) in [4.78, 5) is 11.2. The van der Waals surface area contributed by atoms with Gasteiger partial charge in [0.15, 0.2) is 0 Å². The Kier molecular flexibility index (Phi) is 3.42. The highest BCUT2D eigenvalue weighted by Gasteiger charge is 2.48. The van der Waals surface area contributed by atoms with Crippen molar-refractivity contribution in [2.75, 3.05) is 4.90 Å². The fourth-order valence-corrected chi connectivity index (χ4v) is 5.27. The Labute approximate surface area is 163 Å². The normalized spacial score (nSPS) is 33.1. The van der Waals surface area contributed by atoms with Gasteiger partial charge in [-0.3, -0.25) is 10.3 Å². The Morgan fingerprint density at radius 3 is 2.96 bits per heavy atom. The van der Waals surface area contributed by atoms with E-state index in [-0.39, 0.29) is 17.9 Å². The quantitative estimate of drug-likeness (QED) is 0.852. The fraction of sp³-hybridized carbons (Fsp3) is 0.684. The summed E-state index contributed by atoms with van der Waals surface area (Å²) in [6, 6.07) is 0.474. The fourth-order valence-electron chi connectivity index (χ4n) is 5.27. The largest absolute Gasteiger partial charge is 0.364 e. The van der Waals surface area contributed by atoms with Crippen LogP contribution in [0.2, 0.25) is 0 Å². The van der Waals surface area contributed by atoms with E-state index in [1.165, 1.54) is 25.7 Å². The Morgan fingerprint density at radius 1 is 1.21 bits per heavy atom. The minimum Gasteiger partial charge on any atom is -0.364 e. The first kappa shape index (κ1) is 16.5. The van der Waals surface area contributed by atoms with Crippen LogP contribution < -0.4 is 10.3 Å². The minimum atomic E-state index is -0.141. The third kappa shape index (κ3) is 2.35. The molecule has 3 aliphatic heterocycles. The number of imidazole rings is 1. The lowest BCUT2D eigenvalue weighted by Crippen LogP contribution is -2.53. The van der Waals surface area contributed by atoms with Gasteiger partial charge in [0.2, 0.25) is 11.7 Å². The number of nitrogens with one attached hydrogen (secondary N) is 1. The lowest BCUT2D eigenvalue weighted by molar-refractivity contribution is -0.0207. The number of hydrogen-bond donors (Lipinski definition) is 1. The number of amidine groups is 1. The number of rotatable bonds is 2. The molecule has 4 atom stereocenters. The van der Waals surface area contributed by atoms with Crippen LogP contribution in [0.5, 0.6) is 0 Å². The second-order valence-electron chi connectivity index (χ2n) is 8.92. The molecule has 4 aliphatic rings. The molecule has 0 amide bonds. The van der Waals surface area contributed by atoms with Gasteiger partial charge in [-0.2, -0.15) is 10.1 Å². The molecule has 28 heavy (non-hydrogen) atoms. The number of ether oxygens (including phenoxy) is 1. The SMILES string of the molecule is CC1(C)CCC(c2noc(C3=NNC4C5CCCCC5n5cncc5N34)n2)O1. The van der Waals surface area contributed by atoms with Crippen LogP contribution in [0.4, 0.5) is 5.82 Å². The molecular weight excluding hydrogens is 358 g/mol. The molecule has 1 saturated carbocycles. The number of aromatic nitrogens is 4. The topological polar surface area (TPSA) is 93.6 Å². The maximum absolute atomic E-state index is 6.06. The second kappa shape index (κ2) is 5.79. The zero-order valence-corrected chi connectivity index (χ0v) is 16.2. The molecule has 148 valence electrons. The third-order valence-electron chi connectivity index (χ3n) is 6.64. The van der Waals surface area contributed by atoms with E-state index in [1.807, 2.05) is 12.5 Å². The Bertz CT molecular complexity index is 932. The summed E-state index contributed by atoms with van der Waals surface area (Å²) >= 11 is 0. The number of hydrazone groups is 1. The van der Waals surface area contributed by atoms with Crippen LogP contribution in [0.25, 0.3) is 0 Å². The van der Waals surface area contributed by atoms with Gasteiger partial charge in [0.05, 0.1) is 18.1 Å². The van der Waals surface area contributed by atoms with E-state index >= 15 is 0 Å². The number of fused-ring (bicyclic) bond motifs is 6. The monoisotopic (exact) mass is 383 g/mol. The third-order valence-corrected chi connectivity index (χ3v) is 6.64. The van der Waals surface area contributed by atoms with Crippen molar-refractivity contribution in [2.45, 2.75) is 76.3 Å². The van der Waals surface area contributed by atoms with E-state index in [2.05, 4.69) is 49.0 Å². The molecule has 6 rings (SSSR count). The van der Waals surface area contributed by atoms with Crippen molar-refractivity contribution < 1.29 is 9.26 Å². The van der Waals surface area contributed by atoms with E-state index in [0.29, 0.717) is 29.5 Å². The number of nitrogens with zero attached hydrogens (tertiary/aromatic N) is 6. The summed E-state index contributed by atoms with van der Waals surface area (Å²) in [5, 5.41) is 8.81. The molecule has 5 heterocycles. The molecule has 9 nitrogen and oxygen atoms in total. The van der Waals surface area contributed by atoms with Crippen LogP contribution in [-0.4, -0.2) is 37.3 Å². The molecule has 2 aromatic rings. The van der Waals surface area contributed by atoms with E-state index in [0.717, 1.165) is 18.7 Å². The molecule has 0 spiro atoms. The van der Waals surface area contributed by atoms with E-state index < -0.39 is 0 Å². The lowest BCUT2D eigenvalue weighted by atomic mass is 9.80. The van der Waals surface area contributed by atoms with Gasteiger partial charge in [0, 0.05) is 12.0 Å². The van der Waals surface area contributed by atoms with Crippen molar-refractivity contribution in [3.63, 3.8) is 0 Å². The summed E-state index contributed by atoms with van der Waals surface area (Å²) in [7, 11) is 0. The van der Waals surface area contributed by atoms with Gasteiger partial charge < -0.3 is 13.8 Å². The first-order chi connectivity index (χ1) is 13.6. The molecule has 2 fully saturated rings. The van der Waals surface area contributed by atoms with Crippen molar-refractivity contribution in [1.29, 1.82) is 0 Å². The van der Waals surface area contributed by atoms with Gasteiger partial charge >= 0.3 is 0 Å². The maximum Gasteiger partial charge on any atom is 0.295 e. The van der Waals surface area contributed by atoms with Crippen molar-refractivity contribution in [3.8, 4) is 0 Å². The highest BCUT2D eigenvalue weighted by Crippen LogP contribution is 2.45. The van der Waals surface area contributed by atoms with Gasteiger partial charge in [-0.1, -0.05) is 18.0 Å². The second-order valence-corrected chi connectivity index (χ2v) is 8.92. The van der Waals surface area contributed by atoms with Gasteiger partial charge in [0.1, 0.15) is 18.1 Å². The molecule has 1 N–H and O–H groups in total. The lowest BCUT2D eigenvalue weighted by Gasteiger charge is -2.45. The van der Waals surface area contributed by atoms with Gasteiger partial charge in [-0.15, -0.1) is 0 Å². The molecular formula is C19H25N7O2. The summed E-state index contributed by atoms with van der Waals surface area (Å²) in [6.07, 6.45) is 10.6. The standard InChI is InChI=1S/C19H25N7O2/c1-19(2)8-7-13(27-19)15-21-18(28-24-15)17-23-22-16-11-5-3-4-6-12(11)25-10-20-9-14(25)26(16)17/h9-13,16,22H,3-8H2,1-2H3. The van der Waals surface area contributed by atoms with Crippen LogP contribution in [0.3, 0.4) is 0 Å². The molecule has 0 bridgehead atoms. The van der Waals surface area contributed by atoms with Crippen LogP contribution in [0, 0.1) is 5.92 Å². The first-order valence-corrected chi connectivity index (χ1v) is 10.3. The van der Waals surface area contributed by atoms with Crippen LogP contribution in [0.15, 0.2) is 22.1 Å². The highest BCUT2D eigenvalue weighted by molar-refractivity contribution is 6.08. The number of anilines is 1. The molecule has 0 radical (unpaired) electrons. The minimum absolute atomic E-state index is 0.113. The molecule has 4 unspecified atom stereocenters. The van der Waals surface area contributed by atoms with Gasteiger partial charge in [-0.25, -0.2) is 4.98 Å². The summed E-state index contributed by atoms with van der Waals surface area (Å²) in [6.45, 7) is 4.19. The molecule has 1 saturated heterocycles. The Balaban J connectivity index is 1.33. The van der Waals surface area contributed by atoms with Gasteiger partial charge in [-0.05, 0) is 39.5 Å². The molecule has 2 aromatic heterocycles. The number of hydrogen-bond acceptors (Lipinski definition) is 8. The van der Waals surface area contributed by atoms with Crippen molar-refractivity contribution >= 4 is 11.7 Å². The first-order valence-electron chi connectivity index (χ1n) is 10.3. The zero-order valence-electron chi connectivity index (χ0n) is 16.2. The zero-order chi connectivity index (χ0) is 18.9. The van der Waals surface area contributed by atoms with Crippen molar-refractivity contribution in [2.24, 2.45) is 11.0 Å². The predicted octanol–water partition coefficient (Wildman–Crippen LogP) is 2.74. The molecule has 0 aromatic carbocycles. The van der Waals surface area contributed by atoms with Crippen molar-refractivity contribution in [1.82, 2.24) is 25.1 Å². The predicted molar refractivity (Wildman–Crippen MR) is 101 cm³/mol. The maximum atomic E-state index is 6.06. The molecule has 1 aliphatic carbocycles. The van der Waals surface area contributed by atoms with Crippen molar-refractivity contribution in [3.05, 3.63) is 24.2 Å². The summed E-state index contributed by atoms with van der Waals surface area (Å²) in [5.74, 6) is 3.23. The average molecular weight is 383 g/mol.